The molecule has 0 heterocycles. The zero-order valence-corrected chi connectivity index (χ0v) is 11.1. The second-order valence-corrected chi connectivity index (χ2v) is 4.35. The molecule has 1 N–H and O–H groups in total. The predicted octanol–water partition coefficient (Wildman–Crippen LogP) is 2.33. The van der Waals surface area contributed by atoms with Gasteiger partial charge in [0, 0.05) is 18.9 Å². The minimum Gasteiger partial charge on any atom is -0.494 e. The van der Waals surface area contributed by atoms with E-state index >= 15 is 0 Å². The molecule has 0 saturated carbocycles. The quantitative estimate of drug-likeness (QED) is 0.810. The summed E-state index contributed by atoms with van der Waals surface area (Å²) >= 11 is 0. The largest absolute Gasteiger partial charge is 0.494 e. The fourth-order valence-electron chi connectivity index (χ4n) is 1.88. The van der Waals surface area contributed by atoms with Crippen LogP contribution in [-0.4, -0.2) is 25.5 Å². The Hall–Kier alpha value is -1.42. The highest BCUT2D eigenvalue weighted by molar-refractivity contribution is 5.81. The third-order valence-corrected chi connectivity index (χ3v) is 2.70. The lowest BCUT2D eigenvalue weighted by Gasteiger charge is -2.11. The van der Waals surface area contributed by atoms with Gasteiger partial charge in [-0.15, -0.1) is 0 Å². The first-order valence-corrected chi connectivity index (χ1v) is 6.14. The van der Waals surface area contributed by atoms with Crippen molar-refractivity contribution in [2.24, 2.45) is 0 Å². The van der Waals surface area contributed by atoms with Crippen molar-refractivity contribution in [2.45, 2.75) is 32.7 Å². The monoisotopic (exact) mass is 253 g/mol. The van der Waals surface area contributed by atoms with E-state index in [-0.39, 0.29) is 24.0 Å². The summed E-state index contributed by atoms with van der Waals surface area (Å²) in [5, 5.41) is 3.18. The van der Waals surface area contributed by atoms with Gasteiger partial charge in [-0.25, -0.2) is 4.39 Å². The summed E-state index contributed by atoms with van der Waals surface area (Å²) in [5.74, 6) is -0.122. The van der Waals surface area contributed by atoms with Gasteiger partial charge in [0.05, 0.1) is 7.11 Å². The summed E-state index contributed by atoms with van der Waals surface area (Å²) in [5.41, 5.74) is 0.682. The maximum absolute atomic E-state index is 13.4. The maximum Gasteiger partial charge on any atom is 0.165 e. The van der Waals surface area contributed by atoms with Crippen LogP contribution >= 0.6 is 0 Å². The first-order chi connectivity index (χ1) is 8.56. The Bertz CT molecular complexity index is 407. The van der Waals surface area contributed by atoms with Crippen LogP contribution in [0.5, 0.6) is 5.75 Å². The lowest BCUT2D eigenvalue weighted by Crippen LogP contribution is -2.28. The number of ether oxygens (including phenoxy) is 1. The highest BCUT2D eigenvalue weighted by Gasteiger charge is 2.10. The first-order valence-electron chi connectivity index (χ1n) is 6.14. The lowest BCUT2D eigenvalue weighted by molar-refractivity contribution is -0.118. The number of methoxy groups -OCH3 is 1. The highest BCUT2D eigenvalue weighted by atomic mass is 19.1. The lowest BCUT2D eigenvalue weighted by atomic mass is 10.0. The summed E-state index contributed by atoms with van der Waals surface area (Å²) in [6, 6.07) is 4.78. The molecule has 1 rings (SSSR count). The number of hydrogen-bond donors (Lipinski definition) is 1. The number of halogens is 1. The Morgan fingerprint density at radius 1 is 1.50 bits per heavy atom. The average Bonchev–Trinajstić information content (AvgIpc) is 2.29. The standard InChI is InChI=1S/C14H20FNO2/c1-4-16-10(2)7-12(17)8-11-5-6-14(18-3)13(15)9-11/h5-6,9-10,16H,4,7-8H2,1-3H3. The Morgan fingerprint density at radius 2 is 2.22 bits per heavy atom. The van der Waals surface area contributed by atoms with Crippen LogP contribution < -0.4 is 10.1 Å². The third-order valence-electron chi connectivity index (χ3n) is 2.70. The Balaban J connectivity index is 2.57. The molecule has 1 aromatic rings. The molecule has 0 bridgehead atoms. The summed E-state index contributed by atoms with van der Waals surface area (Å²) in [6.45, 7) is 4.81. The zero-order valence-electron chi connectivity index (χ0n) is 11.1. The van der Waals surface area contributed by atoms with Gasteiger partial charge >= 0.3 is 0 Å². The Morgan fingerprint density at radius 3 is 2.78 bits per heavy atom. The molecule has 0 fully saturated rings. The van der Waals surface area contributed by atoms with E-state index in [1.54, 1.807) is 12.1 Å². The number of Topliss-reactive ketones (excluding diaryl/α,β-unsaturated/α-hetero) is 1. The normalized spacial score (nSPS) is 12.2. The van der Waals surface area contributed by atoms with Crippen LogP contribution in [0.25, 0.3) is 0 Å². The molecule has 100 valence electrons. The molecule has 0 aliphatic rings. The van der Waals surface area contributed by atoms with E-state index in [1.165, 1.54) is 13.2 Å². The van der Waals surface area contributed by atoms with Crippen molar-refractivity contribution in [2.75, 3.05) is 13.7 Å². The number of carbonyl (C=O) groups excluding carboxylic acids is 1. The summed E-state index contributed by atoms with van der Waals surface area (Å²) in [7, 11) is 1.42. The van der Waals surface area contributed by atoms with Crippen molar-refractivity contribution in [3.8, 4) is 5.75 Å². The fourth-order valence-corrected chi connectivity index (χ4v) is 1.88. The summed E-state index contributed by atoms with van der Waals surface area (Å²) in [4.78, 5) is 11.8. The molecule has 0 aromatic heterocycles. The second kappa shape index (κ2) is 7.11. The van der Waals surface area contributed by atoms with Gasteiger partial charge in [0.25, 0.3) is 0 Å². The van der Waals surface area contributed by atoms with Crippen molar-refractivity contribution < 1.29 is 13.9 Å². The van der Waals surface area contributed by atoms with E-state index in [1.807, 2.05) is 13.8 Å². The molecule has 0 saturated heterocycles. The summed E-state index contributed by atoms with van der Waals surface area (Å²) in [6.07, 6.45) is 0.720. The van der Waals surface area contributed by atoms with E-state index in [4.69, 9.17) is 4.74 Å². The van der Waals surface area contributed by atoms with Crippen LogP contribution in [0.1, 0.15) is 25.8 Å². The molecule has 1 unspecified atom stereocenters. The molecule has 0 amide bonds. The van der Waals surface area contributed by atoms with Gasteiger partial charge < -0.3 is 10.1 Å². The maximum atomic E-state index is 13.4. The van der Waals surface area contributed by atoms with Gasteiger partial charge in [0.1, 0.15) is 5.78 Å². The van der Waals surface area contributed by atoms with Crippen molar-refractivity contribution in [3.05, 3.63) is 29.6 Å². The van der Waals surface area contributed by atoms with Gasteiger partial charge in [0.15, 0.2) is 11.6 Å². The van der Waals surface area contributed by atoms with Crippen LogP contribution in [0.15, 0.2) is 18.2 Å². The molecule has 1 aromatic carbocycles. The SMILES string of the molecule is CCNC(C)CC(=O)Cc1ccc(OC)c(F)c1. The molecule has 0 radical (unpaired) electrons. The van der Waals surface area contributed by atoms with E-state index in [0.29, 0.717) is 12.0 Å². The predicted molar refractivity (Wildman–Crippen MR) is 69.4 cm³/mol. The molecule has 0 spiro atoms. The van der Waals surface area contributed by atoms with Crippen molar-refractivity contribution in [1.82, 2.24) is 5.32 Å². The Labute approximate surface area is 107 Å². The van der Waals surface area contributed by atoms with E-state index in [2.05, 4.69) is 5.32 Å². The smallest absolute Gasteiger partial charge is 0.165 e. The van der Waals surface area contributed by atoms with Crippen LogP contribution in [0.4, 0.5) is 4.39 Å². The van der Waals surface area contributed by atoms with E-state index < -0.39 is 5.82 Å². The number of nitrogens with one attached hydrogen (secondary N) is 1. The molecule has 0 aliphatic heterocycles. The molecular weight excluding hydrogens is 233 g/mol. The van der Waals surface area contributed by atoms with Gasteiger partial charge in [0.2, 0.25) is 0 Å². The van der Waals surface area contributed by atoms with Crippen molar-refractivity contribution >= 4 is 5.78 Å². The zero-order chi connectivity index (χ0) is 13.5. The topological polar surface area (TPSA) is 38.3 Å². The van der Waals surface area contributed by atoms with Crippen molar-refractivity contribution in [3.63, 3.8) is 0 Å². The number of ketones is 1. The molecule has 0 aliphatic carbocycles. The number of carbonyl (C=O) groups is 1. The minimum atomic E-state index is -0.428. The number of benzene rings is 1. The van der Waals surface area contributed by atoms with Crippen LogP contribution in [0, 0.1) is 5.82 Å². The first kappa shape index (κ1) is 14.6. The van der Waals surface area contributed by atoms with Crippen LogP contribution in [-0.2, 0) is 11.2 Å². The molecule has 4 heteroatoms. The van der Waals surface area contributed by atoms with E-state index in [0.717, 1.165) is 6.54 Å². The average molecular weight is 253 g/mol. The van der Waals surface area contributed by atoms with Gasteiger partial charge in [-0.3, -0.25) is 4.79 Å². The minimum absolute atomic E-state index is 0.105. The number of hydrogen-bond acceptors (Lipinski definition) is 3. The Kier molecular flexibility index (Phi) is 5.78. The van der Waals surface area contributed by atoms with Crippen LogP contribution in [0.2, 0.25) is 0 Å². The van der Waals surface area contributed by atoms with Crippen molar-refractivity contribution in [1.29, 1.82) is 0 Å². The van der Waals surface area contributed by atoms with Crippen LogP contribution in [0.3, 0.4) is 0 Å². The molecular formula is C14H20FNO2. The van der Waals surface area contributed by atoms with Gasteiger partial charge in [-0.05, 0) is 31.2 Å². The second-order valence-electron chi connectivity index (χ2n) is 4.35. The fraction of sp³-hybridized carbons (Fsp3) is 0.500. The van der Waals surface area contributed by atoms with Gasteiger partial charge in [-0.1, -0.05) is 13.0 Å². The molecule has 18 heavy (non-hydrogen) atoms. The third kappa shape index (κ3) is 4.45. The highest BCUT2D eigenvalue weighted by Crippen LogP contribution is 2.18. The summed E-state index contributed by atoms with van der Waals surface area (Å²) < 4.78 is 18.3. The molecule has 3 nitrogen and oxygen atoms in total. The number of rotatable bonds is 7. The van der Waals surface area contributed by atoms with E-state index in [9.17, 15) is 9.18 Å². The molecule has 1 atom stereocenters. The van der Waals surface area contributed by atoms with Gasteiger partial charge in [-0.2, -0.15) is 0 Å².